The summed E-state index contributed by atoms with van der Waals surface area (Å²) < 4.78 is 0. The summed E-state index contributed by atoms with van der Waals surface area (Å²) in [5, 5.41) is 27.1. The number of hydrogen-bond donors (Lipinski definition) is 2. The van der Waals surface area contributed by atoms with Gasteiger partial charge in [0.1, 0.15) is 0 Å². The van der Waals surface area contributed by atoms with Crippen molar-refractivity contribution in [1.82, 2.24) is 10.1 Å². The largest absolute Gasteiger partial charge is 0.313 e. The summed E-state index contributed by atoms with van der Waals surface area (Å²) in [6.07, 6.45) is 24.4. The zero-order valence-electron chi connectivity index (χ0n) is 19.8. The van der Waals surface area contributed by atoms with Gasteiger partial charge in [0.15, 0.2) is 6.71 Å². The summed E-state index contributed by atoms with van der Waals surface area (Å²) in [6, 6.07) is 1.26. The molecule has 5 rings (SSSR count). The van der Waals surface area contributed by atoms with Crippen LogP contribution in [0.4, 0.5) is 0 Å². The van der Waals surface area contributed by atoms with Gasteiger partial charge in [0.2, 0.25) is 0 Å². The zero-order chi connectivity index (χ0) is 21.2. The van der Waals surface area contributed by atoms with Gasteiger partial charge in [-0.05, 0) is 43.1 Å². The molecule has 6 atom stereocenters. The normalized spacial score (nSPS) is 43.9. The molecule has 4 nitrogen and oxygen atoms in total. The molecule has 3 saturated carbocycles. The lowest BCUT2D eigenvalue weighted by atomic mass is 9.20. The zero-order valence-corrected chi connectivity index (χ0v) is 19.8. The van der Waals surface area contributed by atoms with Crippen LogP contribution in [0.25, 0.3) is 0 Å². The predicted octanol–water partition coefficient (Wildman–Crippen LogP) is 6.93. The lowest BCUT2D eigenvalue weighted by molar-refractivity contribution is -0.215. The molecule has 0 spiro atoms. The molecule has 0 amide bonds. The molecule has 0 radical (unpaired) electrons. The van der Waals surface area contributed by atoms with Gasteiger partial charge in [-0.1, -0.05) is 96.3 Å². The van der Waals surface area contributed by atoms with Crippen LogP contribution in [0.15, 0.2) is 0 Å². The van der Waals surface area contributed by atoms with Crippen molar-refractivity contribution in [3.8, 4) is 0 Å². The molecule has 2 aliphatic heterocycles. The van der Waals surface area contributed by atoms with Crippen LogP contribution in [-0.4, -0.2) is 51.4 Å². The van der Waals surface area contributed by atoms with Crippen LogP contribution in [0.1, 0.15) is 122 Å². The number of hydrogen-bond acceptors (Lipinski definition) is 4. The first-order valence-corrected chi connectivity index (χ1v) is 14.2. The standard InChI is InChI=1S/C26H47BN2O2/c30-28-22-16-10-5-1-3-8-14-20(22)27-21-15-9-4-2-6-11-17-23(21)29(31)25-19-13-7-12-18-24(28)26(25)27/h20-26,30-31H,1-19H2. The molecule has 6 unspecified atom stereocenters. The Morgan fingerprint density at radius 3 is 1.19 bits per heavy atom. The van der Waals surface area contributed by atoms with Crippen LogP contribution >= 0.6 is 0 Å². The van der Waals surface area contributed by atoms with Crippen molar-refractivity contribution in [2.75, 3.05) is 0 Å². The van der Waals surface area contributed by atoms with Crippen molar-refractivity contribution in [3.05, 3.63) is 0 Å². The van der Waals surface area contributed by atoms with E-state index in [1.807, 2.05) is 10.1 Å². The van der Waals surface area contributed by atoms with Crippen molar-refractivity contribution in [1.29, 1.82) is 0 Å². The number of nitrogens with zero attached hydrogens (tertiary/aromatic N) is 2. The lowest BCUT2D eigenvalue weighted by Crippen LogP contribution is -2.68. The summed E-state index contributed by atoms with van der Waals surface area (Å²) in [4.78, 5) is 0. The average molecular weight is 430 g/mol. The summed E-state index contributed by atoms with van der Waals surface area (Å²) in [5.74, 6) is 1.72. The second kappa shape index (κ2) is 10.4. The van der Waals surface area contributed by atoms with E-state index in [9.17, 15) is 10.4 Å². The van der Waals surface area contributed by atoms with Crippen LogP contribution in [0.2, 0.25) is 17.5 Å². The highest BCUT2D eigenvalue weighted by Gasteiger charge is 2.60. The van der Waals surface area contributed by atoms with Crippen molar-refractivity contribution in [2.45, 2.75) is 164 Å². The molecule has 2 heterocycles. The van der Waals surface area contributed by atoms with Gasteiger partial charge in [-0.3, -0.25) is 0 Å². The molecule has 3 aliphatic carbocycles. The third kappa shape index (κ3) is 4.50. The Balaban J connectivity index is 1.55. The third-order valence-electron chi connectivity index (χ3n) is 10.2. The Hall–Kier alpha value is -0.0951. The first-order valence-electron chi connectivity index (χ1n) is 14.2. The highest BCUT2D eigenvalue weighted by Crippen LogP contribution is 2.57. The van der Waals surface area contributed by atoms with E-state index in [-0.39, 0.29) is 12.1 Å². The second-order valence-electron chi connectivity index (χ2n) is 11.8. The third-order valence-corrected chi connectivity index (χ3v) is 10.2. The van der Waals surface area contributed by atoms with E-state index in [2.05, 4.69) is 0 Å². The van der Waals surface area contributed by atoms with Crippen LogP contribution in [0.5, 0.6) is 0 Å². The smallest absolute Gasteiger partial charge is 0.157 e. The van der Waals surface area contributed by atoms with E-state index in [0.29, 0.717) is 36.2 Å². The van der Waals surface area contributed by atoms with Crippen LogP contribution in [0.3, 0.4) is 0 Å². The highest BCUT2D eigenvalue weighted by atomic mass is 16.5. The Bertz CT molecular complexity index is 532. The monoisotopic (exact) mass is 430 g/mol. The fourth-order valence-electron chi connectivity index (χ4n) is 8.93. The maximum absolute atomic E-state index is 11.6. The van der Waals surface area contributed by atoms with Gasteiger partial charge in [-0.15, -0.1) is 0 Å². The first-order chi connectivity index (χ1) is 15.3. The van der Waals surface area contributed by atoms with Gasteiger partial charge in [0, 0.05) is 24.2 Å². The van der Waals surface area contributed by atoms with E-state index < -0.39 is 0 Å². The van der Waals surface area contributed by atoms with Crippen LogP contribution < -0.4 is 0 Å². The van der Waals surface area contributed by atoms with Gasteiger partial charge >= 0.3 is 0 Å². The minimum atomic E-state index is 0.264. The van der Waals surface area contributed by atoms with Crippen LogP contribution in [-0.2, 0) is 0 Å². The van der Waals surface area contributed by atoms with Gasteiger partial charge in [0.05, 0.1) is 0 Å². The molecule has 176 valence electrons. The molecule has 5 heteroatoms. The van der Waals surface area contributed by atoms with E-state index in [1.54, 1.807) is 0 Å². The lowest BCUT2D eigenvalue weighted by Gasteiger charge is -2.61. The number of hydroxylamine groups is 4. The molecule has 5 aliphatic rings. The van der Waals surface area contributed by atoms with E-state index >= 15 is 0 Å². The van der Waals surface area contributed by atoms with Gasteiger partial charge in [-0.2, -0.15) is 10.1 Å². The maximum atomic E-state index is 11.6. The molecule has 0 aromatic carbocycles. The van der Waals surface area contributed by atoms with Gasteiger partial charge in [-0.25, -0.2) is 0 Å². The molecule has 2 N–H and O–H groups in total. The quantitative estimate of drug-likeness (QED) is 0.409. The Morgan fingerprint density at radius 1 is 0.419 bits per heavy atom. The van der Waals surface area contributed by atoms with E-state index in [0.717, 1.165) is 12.8 Å². The van der Waals surface area contributed by atoms with Crippen molar-refractivity contribution in [2.24, 2.45) is 0 Å². The molecule has 5 fully saturated rings. The first kappa shape index (κ1) is 22.7. The molecular formula is C26H47BN2O2. The Morgan fingerprint density at radius 2 is 0.742 bits per heavy atom. The topological polar surface area (TPSA) is 46.9 Å². The van der Waals surface area contributed by atoms with E-state index in [1.165, 1.54) is 109 Å². The minimum Gasteiger partial charge on any atom is -0.313 e. The van der Waals surface area contributed by atoms with Gasteiger partial charge < -0.3 is 10.4 Å². The number of rotatable bonds is 0. The fourth-order valence-corrected chi connectivity index (χ4v) is 8.93. The summed E-state index contributed by atoms with van der Waals surface area (Å²) in [5.41, 5.74) is 0. The molecular weight excluding hydrogens is 383 g/mol. The summed E-state index contributed by atoms with van der Waals surface area (Å²) >= 11 is 0. The summed E-state index contributed by atoms with van der Waals surface area (Å²) in [7, 11) is 0. The number of fused-ring (bicyclic) bond motifs is 4. The Labute approximate surface area is 191 Å². The van der Waals surface area contributed by atoms with Crippen LogP contribution in [0, 0.1) is 0 Å². The molecule has 0 aromatic rings. The maximum Gasteiger partial charge on any atom is 0.157 e. The van der Waals surface area contributed by atoms with Gasteiger partial charge in [0.25, 0.3) is 0 Å². The SMILES string of the molecule is ON1C2CCCCCCCC2B2C3CCCCCCCC3N(O)C3CCCCCC1C23. The van der Waals surface area contributed by atoms with Crippen molar-refractivity contribution in [3.63, 3.8) is 0 Å². The Kier molecular flexibility index (Phi) is 7.64. The van der Waals surface area contributed by atoms with Crippen molar-refractivity contribution < 1.29 is 10.4 Å². The predicted molar refractivity (Wildman–Crippen MR) is 127 cm³/mol. The molecule has 31 heavy (non-hydrogen) atoms. The highest BCUT2D eigenvalue weighted by molar-refractivity contribution is 6.65. The molecule has 0 bridgehead atoms. The average Bonchev–Trinajstić information content (AvgIpc) is 2.95. The second-order valence-corrected chi connectivity index (χ2v) is 11.8. The molecule has 2 saturated heterocycles. The fraction of sp³-hybridized carbons (Fsp3) is 1.00. The summed E-state index contributed by atoms with van der Waals surface area (Å²) in [6.45, 7) is 0.714. The minimum absolute atomic E-state index is 0.264. The van der Waals surface area contributed by atoms with E-state index in [4.69, 9.17) is 0 Å². The van der Waals surface area contributed by atoms with Crippen molar-refractivity contribution >= 4 is 6.71 Å². The molecule has 0 aromatic heterocycles.